The number of nitrogens with zero attached hydrogens (tertiary/aromatic N) is 2. The van der Waals surface area contributed by atoms with Gasteiger partial charge in [0.05, 0.1) is 16.5 Å². The fraction of sp³-hybridized carbons (Fsp3) is 0.550. The Hall–Kier alpha value is -4.22. The Morgan fingerprint density at radius 3 is 2.16 bits per heavy atom. The summed E-state index contributed by atoms with van der Waals surface area (Å²) in [7, 11) is 0. The number of hydrogen-bond donors (Lipinski definition) is 2. The molecule has 2 heterocycles. The molecule has 11 heteroatoms. The molecular formula is C40H48N2O9. The highest BCUT2D eigenvalue weighted by Crippen LogP contribution is 2.72. The van der Waals surface area contributed by atoms with E-state index in [4.69, 9.17) is 14.2 Å². The second-order valence-corrected chi connectivity index (χ2v) is 15.6. The maximum absolute atomic E-state index is 14.0. The number of pyridine rings is 2. The standard InChI is InChI=1S/C40H48N2O9/c1-24(2)25(3)19-33(44)50-32-21-31-36(5)13-12-30(49-34(45)27-9-7-17-41-22-27)20-29(36)11-14-39(31,51-35(46)28-10-8-18-42-23-28)40(48)16-15-38(47,26(4)43)37(32,40)6/h7-11,17-19,22-24,30-32,47-48H,12-16,20-21H2,1-6H3/b25-19+/t30-,31?,32+,36-,37+,38+,39-,40+/m0/s1. The van der Waals surface area contributed by atoms with Gasteiger partial charge in [-0.25, -0.2) is 14.4 Å². The lowest BCUT2D eigenvalue weighted by atomic mass is 9.42. The van der Waals surface area contributed by atoms with Gasteiger partial charge in [-0.15, -0.1) is 0 Å². The summed E-state index contributed by atoms with van der Waals surface area (Å²) >= 11 is 0. The SMILES string of the molecule is CC(=O)[C@]1(O)CC[C@@]2(O)[C@]1(C)[C@H](OC(=O)/C=C(\C)C(C)C)CC1[C@@]3(C)CC[C@H](OC(=O)c4cccnc4)CC3=CC[C@]12OC(=O)c1cccnc1. The van der Waals surface area contributed by atoms with Gasteiger partial charge >= 0.3 is 17.9 Å². The molecule has 272 valence electrons. The van der Waals surface area contributed by atoms with Gasteiger partial charge in [-0.2, -0.15) is 0 Å². The van der Waals surface area contributed by atoms with Gasteiger partial charge in [0.25, 0.3) is 0 Å². The average molecular weight is 701 g/mol. The summed E-state index contributed by atoms with van der Waals surface area (Å²) < 4.78 is 18.8. The molecule has 11 nitrogen and oxygen atoms in total. The molecule has 8 atom stereocenters. The Kier molecular flexibility index (Phi) is 9.38. The molecule has 3 fully saturated rings. The Labute approximate surface area is 298 Å². The first-order chi connectivity index (χ1) is 24.0. The molecule has 3 saturated carbocycles. The van der Waals surface area contributed by atoms with E-state index in [0.717, 1.165) is 11.1 Å². The zero-order valence-electron chi connectivity index (χ0n) is 30.2. The Balaban J connectivity index is 1.46. The molecular weight excluding hydrogens is 652 g/mol. The van der Waals surface area contributed by atoms with Crippen molar-refractivity contribution in [1.82, 2.24) is 9.97 Å². The van der Waals surface area contributed by atoms with Crippen molar-refractivity contribution in [3.05, 3.63) is 83.5 Å². The molecule has 2 aromatic rings. The number of ketones is 1. The molecule has 0 radical (unpaired) electrons. The van der Waals surface area contributed by atoms with Crippen LogP contribution in [0.2, 0.25) is 0 Å². The minimum Gasteiger partial charge on any atom is -0.458 e. The van der Waals surface area contributed by atoms with E-state index in [1.807, 2.05) is 33.8 Å². The summed E-state index contributed by atoms with van der Waals surface area (Å²) in [6.45, 7) is 10.6. The molecule has 0 aromatic carbocycles. The van der Waals surface area contributed by atoms with Gasteiger partial charge in [0.15, 0.2) is 5.78 Å². The van der Waals surface area contributed by atoms with Crippen molar-refractivity contribution < 1.29 is 43.6 Å². The molecule has 0 bridgehead atoms. The van der Waals surface area contributed by atoms with Crippen LogP contribution in [0.3, 0.4) is 0 Å². The number of aromatic nitrogens is 2. The third-order valence-corrected chi connectivity index (χ3v) is 13.0. The molecule has 0 aliphatic heterocycles. The normalized spacial score (nSPS) is 35.8. The van der Waals surface area contributed by atoms with E-state index in [1.54, 1.807) is 37.4 Å². The van der Waals surface area contributed by atoms with Gasteiger partial charge in [0.1, 0.15) is 29.0 Å². The number of esters is 3. The summed E-state index contributed by atoms with van der Waals surface area (Å²) in [4.78, 5) is 62.1. The highest BCUT2D eigenvalue weighted by molar-refractivity contribution is 5.90. The van der Waals surface area contributed by atoms with Crippen molar-refractivity contribution in [1.29, 1.82) is 0 Å². The van der Waals surface area contributed by atoms with Crippen molar-refractivity contribution in [2.45, 2.75) is 115 Å². The Morgan fingerprint density at radius 2 is 1.57 bits per heavy atom. The first-order valence-electron chi connectivity index (χ1n) is 17.8. The highest BCUT2D eigenvalue weighted by Gasteiger charge is 2.83. The van der Waals surface area contributed by atoms with Crippen LogP contribution >= 0.6 is 0 Å². The molecule has 51 heavy (non-hydrogen) atoms. The lowest BCUT2D eigenvalue weighted by Crippen LogP contribution is -2.79. The topological polar surface area (TPSA) is 162 Å². The number of aliphatic hydroxyl groups is 2. The fourth-order valence-electron chi connectivity index (χ4n) is 9.56. The zero-order chi connectivity index (χ0) is 37.0. The van der Waals surface area contributed by atoms with Crippen LogP contribution in [0.4, 0.5) is 0 Å². The lowest BCUT2D eigenvalue weighted by molar-refractivity contribution is -0.312. The van der Waals surface area contributed by atoms with Gasteiger partial charge in [-0.05, 0) is 88.5 Å². The largest absolute Gasteiger partial charge is 0.458 e. The summed E-state index contributed by atoms with van der Waals surface area (Å²) in [6, 6.07) is 6.52. The molecule has 0 saturated heterocycles. The van der Waals surface area contributed by atoms with Crippen LogP contribution in [0.5, 0.6) is 0 Å². The number of Topliss-reactive ketones (excluding diaryl/α,β-unsaturated/α-hetero) is 1. The van der Waals surface area contributed by atoms with Gasteiger partial charge < -0.3 is 24.4 Å². The van der Waals surface area contributed by atoms with Crippen molar-refractivity contribution in [2.24, 2.45) is 22.7 Å². The number of hydrogen-bond acceptors (Lipinski definition) is 11. The van der Waals surface area contributed by atoms with Gasteiger partial charge in [-0.3, -0.25) is 14.8 Å². The predicted molar refractivity (Wildman–Crippen MR) is 185 cm³/mol. The minimum absolute atomic E-state index is 0.0605. The van der Waals surface area contributed by atoms with Crippen LogP contribution in [0.1, 0.15) is 107 Å². The van der Waals surface area contributed by atoms with Crippen LogP contribution in [-0.4, -0.2) is 72.9 Å². The summed E-state index contributed by atoms with van der Waals surface area (Å²) in [5.74, 6) is -2.94. The van der Waals surface area contributed by atoms with Crippen molar-refractivity contribution in [3.8, 4) is 0 Å². The van der Waals surface area contributed by atoms with E-state index in [-0.39, 0.29) is 37.2 Å². The second-order valence-electron chi connectivity index (χ2n) is 15.6. The average Bonchev–Trinajstić information content (AvgIpc) is 3.34. The maximum atomic E-state index is 14.0. The van der Waals surface area contributed by atoms with E-state index in [9.17, 15) is 29.4 Å². The molecule has 1 unspecified atom stereocenters. The third-order valence-electron chi connectivity index (χ3n) is 13.0. The van der Waals surface area contributed by atoms with Crippen molar-refractivity contribution in [2.75, 3.05) is 0 Å². The van der Waals surface area contributed by atoms with E-state index >= 15 is 0 Å². The van der Waals surface area contributed by atoms with Crippen LogP contribution in [0.25, 0.3) is 0 Å². The zero-order valence-corrected chi connectivity index (χ0v) is 30.2. The molecule has 2 aromatic heterocycles. The fourth-order valence-corrected chi connectivity index (χ4v) is 9.56. The van der Waals surface area contributed by atoms with E-state index in [1.165, 1.54) is 31.6 Å². The van der Waals surface area contributed by atoms with E-state index in [0.29, 0.717) is 24.8 Å². The van der Waals surface area contributed by atoms with Gasteiger partial charge in [0.2, 0.25) is 0 Å². The molecule has 4 aliphatic carbocycles. The number of fused-ring (bicyclic) bond motifs is 5. The van der Waals surface area contributed by atoms with Crippen LogP contribution in [-0.2, 0) is 23.8 Å². The Morgan fingerprint density at radius 1 is 0.922 bits per heavy atom. The number of carbonyl (C=O) groups is 4. The molecule has 4 aliphatic rings. The van der Waals surface area contributed by atoms with Gasteiger partial charge in [0, 0.05) is 49.6 Å². The summed E-state index contributed by atoms with van der Waals surface area (Å²) in [5, 5.41) is 25.6. The number of ether oxygens (including phenoxy) is 3. The predicted octanol–water partition coefficient (Wildman–Crippen LogP) is 5.50. The smallest absolute Gasteiger partial charge is 0.340 e. The first kappa shape index (κ1) is 36.6. The number of allylic oxidation sites excluding steroid dienone is 1. The monoisotopic (exact) mass is 700 g/mol. The van der Waals surface area contributed by atoms with Crippen molar-refractivity contribution >= 4 is 23.7 Å². The quantitative estimate of drug-likeness (QED) is 0.155. The third kappa shape index (κ3) is 5.64. The summed E-state index contributed by atoms with van der Waals surface area (Å²) in [6.07, 6.45) is 9.13. The highest BCUT2D eigenvalue weighted by atomic mass is 16.6. The lowest BCUT2D eigenvalue weighted by Gasteiger charge is -2.67. The van der Waals surface area contributed by atoms with Crippen LogP contribution in [0, 0.1) is 22.7 Å². The van der Waals surface area contributed by atoms with E-state index < -0.39 is 69.5 Å². The van der Waals surface area contributed by atoms with Gasteiger partial charge in [-0.1, -0.05) is 38.0 Å². The minimum atomic E-state index is -2.09. The van der Waals surface area contributed by atoms with Crippen LogP contribution < -0.4 is 0 Å². The van der Waals surface area contributed by atoms with E-state index in [2.05, 4.69) is 9.97 Å². The maximum Gasteiger partial charge on any atom is 0.340 e. The second kappa shape index (κ2) is 13.1. The number of rotatable bonds is 8. The molecule has 2 N–H and O–H groups in total. The van der Waals surface area contributed by atoms with Crippen LogP contribution in [0.15, 0.2) is 72.4 Å². The molecule has 0 spiro atoms. The van der Waals surface area contributed by atoms with Crippen molar-refractivity contribution in [3.63, 3.8) is 0 Å². The Bertz CT molecular complexity index is 1780. The number of carbonyl (C=O) groups excluding carboxylic acids is 4. The first-order valence-corrected chi connectivity index (χ1v) is 17.8. The summed E-state index contributed by atoms with van der Waals surface area (Å²) in [5.41, 5.74) is -5.92. The molecule has 0 amide bonds. The molecule has 6 rings (SSSR count).